The number of benzene rings is 2. The number of amides is 1. The third-order valence-electron chi connectivity index (χ3n) is 4.82. The number of halogens is 2. The minimum Gasteiger partial charge on any atom is -0.350 e. The van der Waals surface area contributed by atoms with Gasteiger partial charge in [-0.2, -0.15) is 9.78 Å². The number of aromatic nitrogens is 3. The summed E-state index contributed by atoms with van der Waals surface area (Å²) in [6, 6.07) is 11.8. The topological polar surface area (TPSA) is 86.0 Å². The highest BCUT2D eigenvalue weighted by Gasteiger charge is 2.25. The summed E-state index contributed by atoms with van der Waals surface area (Å²) in [7, 11) is 0. The summed E-state index contributed by atoms with van der Waals surface area (Å²) in [6.45, 7) is 0.248. The van der Waals surface area contributed by atoms with E-state index in [-0.39, 0.29) is 6.54 Å². The number of carbonyl (C=O) groups excluding carboxylic acids is 1. The van der Waals surface area contributed by atoms with E-state index in [0.29, 0.717) is 28.7 Å². The van der Waals surface area contributed by atoms with Crippen molar-refractivity contribution in [3.05, 3.63) is 91.5 Å². The molecule has 0 unspecified atom stereocenters. The Morgan fingerprint density at radius 1 is 1.17 bits per heavy atom. The van der Waals surface area contributed by atoms with Gasteiger partial charge in [-0.25, -0.2) is 9.18 Å². The van der Waals surface area contributed by atoms with Crippen LogP contribution in [-0.4, -0.2) is 26.8 Å². The Morgan fingerprint density at radius 2 is 1.90 bits per heavy atom. The maximum atomic E-state index is 13.6. The Morgan fingerprint density at radius 3 is 2.57 bits per heavy atom. The Bertz CT molecular complexity index is 1220. The second kappa shape index (κ2) is 8.23. The van der Waals surface area contributed by atoms with Gasteiger partial charge in [-0.05, 0) is 60.7 Å². The van der Waals surface area contributed by atoms with Gasteiger partial charge in [0.1, 0.15) is 5.82 Å². The predicted molar refractivity (Wildman–Crippen MR) is 110 cm³/mol. The van der Waals surface area contributed by atoms with E-state index < -0.39 is 28.7 Å². The van der Waals surface area contributed by atoms with Crippen LogP contribution in [0.15, 0.2) is 58.1 Å². The van der Waals surface area contributed by atoms with Gasteiger partial charge in [-0.3, -0.25) is 14.2 Å². The molecule has 30 heavy (non-hydrogen) atoms. The van der Waals surface area contributed by atoms with Crippen LogP contribution >= 0.6 is 11.6 Å². The van der Waals surface area contributed by atoms with Crippen LogP contribution in [0.3, 0.4) is 0 Å². The van der Waals surface area contributed by atoms with E-state index in [1.165, 1.54) is 18.2 Å². The molecule has 1 aliphatic rings. The molecule has 1 amide bonds. The maximum absolute atomic E-state index is 13.6. The lowest BCUT2D eigenvalue weighted by atomic mass is 10.2. The first-order valence-corrected chi connectivity index (χ1v) is 9.83. The third-order valence-corrected chi connectivity index (χ3v) is 5.08. The van der Waals surface area contributed by atoms with Crippen LogP contribution in [0.25, 0.3) is 5.69 Å². The molecular weight excluding hydrogens is 411 g/mol. The fourth-order valence-electron chi connectivity index (χ4n) is 3.01. The number of hydrogen-bond donors (Lipinski definition) is 1. The van der Waals surface area contributed by atoms with Crippen molar-refractivity contribution in [2.45, 2.75) is 19.4 Å². The van der Waals surface area contributed by atoms with Gasteiger partial charge in [0.2, 0.25) is 5.69 Å². The Hall–Kier alpha value is -3.26. The summed E-state index contributed by atoms with van der Waals surface area (Å²) >= 11 is 5.91. The van der Waals surface area contributed by atoms with Gasteiger partial charge in [0.05, 0.1) is 12.2 Å². The monoisotopic (exact) mass is 428 g/mol. The smallest absolute Gasteiger partial charge is 0.350 e. The summed E-state index contributed by atoms with van der Waals surface area (Å²) in [5.74, 6) is -0.733. The van der Waals surface area contributed by atoms with Crippen LogP contribution in [0.5, 0.6) is 0 Å². The van der Waals surface area contributed by atoms with E-state index in [1.54, 1.807) is 30.3 Å². The normalized spacial score (nSPS) is 13.3. The van der Waals surface area contributed by atoms with E-state index in [1.807, 2.05) is 0 Å². The van der Waals surface area contributed by atoms with Crippen molar-refractivity contribution in [1.29, 1.82) is 0 Å². The van der Waals surface area contributed by atoms with Gasteiger partial charge in [-0.1, -0.05) is 23.7 Å². The summed E-state index contributed by atoms with van der Waals surface area (Å²) in [5.41, 5.74) is -1.23. The second-order valence-electron chi connectivity index (χ2n) is 7.19. The molecule has 0 atom stereocenters. The van der Waals surface area contributed by atoms with Crippen molar-refractivity contribution < 1.29 is 9.18 Å². The summed E-state index contributed by atoms with van der Waals surface area (Å²) in [4.78, 5) is 38.6. The average Bonchev–Trinajstić information content (AvgIpc) is 3.55. The third kappa shape index (κ3) is 4.33. The number of rotatable bonds is 6. The second-order valence-corrected chi connectivity index (χ2v) is 7.63. The number of hydrogen-bond acceptors (Lipinski definition) is 4. The minimum atomic E-state index is -0.831. The Balaban J connectivity index is 1.81. The zero-order chi connectivity index (χ0) is 21.3. The molecule has 0 saturated heterocycles. The molecule has 3 aromatic rings. The zero-order valence-corrected chi connectivity index (χ0v) is 16.6. The van der Waals surface area contributed by atoms with E-state index in [9.17, 15) is 18.8 Å². The lowest BCUT2D eigenvalue weighted by molar-refractivity contribution is 0.0942. The summed E-state index contributed by atoms with van der Waals surface area (Å²) < 4.78 is 15.4. The molecule has 4 rings (SSSR count). The quantitative estimate of drug-likeness (QED) is 0.653. The van der Waals surface area contributed by atoms with Gasteiger partial charge in [0.15, 0.2) is 0 Å². The lowest BCUT2D eigenvalue weighted by Gasteiger charge is -2.12. The maximum Gasteiger partial charge on any atom is 0.352 e. The first-order valence-electron chi connectivity index (χ1n) is 9.45. The molecule has 9 heteroatoms. The van der Waals surface area contributed by atoms with Gasteiger partial charge < -0.3 is 5.32 Å². The SMILES string of the molecule is O=C(NCC1CC1)c1nn(-c2ccc(Cl)cc2)c(=O)n(Cc2cccc(F)c2)c1=O. The van der Waals surface area contributed by atoms with Crippen molar-refractivity contribution in [3.63, 3.8) is 0 Å². The number of nitrogens with zero attached hydrogens (tertiary/aromatic N) is 3. The van der Waals surface area contributed by atoms with Crippen LogP contribution in [0.2, 0.25) is 5.02 Å². The first kappa shape index (κ1) is 20.0. The standard InChI is InChI=1S/C21H18ClFN4O3/c22-15-6-8-17(9-7-15)27-21(30)26(12-14-2-1-3-16(23)10-14)20(29)18(25-27)19(28)24-11-13-4-5-13/h1-3,6-10,13H,4-5,11-12H2,(H,24,28). The molecule has 1 N–H and O–H groups in total. The molecule has 7 nitrogen and oxygen atoms in total. The molecule has 0 radical (unpaired) electrons. The van der Waals surface area contributed by atoms with Gasteiger partial charge in [-0.15, -0.1) is 0 Å². The van der Waals surface area contributed by atoms with E-state index in [4.69, 9.17) is 11.6 Å². The average molecular weight is 429 g/mol. The van der Waals surface area contributed by atoms with E-state index in [0.717, 1.165) is 22.1 Å². The fraction of sp³-hybridized carbons (Fsp3) is 0.238. The van der Waals surface area contributed by atoms with Crippen molar-refractivity contribution in [2.24, 2.45) is 5.92 Å². The predicted octanol–water partition coefficient (Wildman–Crippen LogP) is 2.37. The van der Waals surface area contributed by atoms with E-state index in [2.05, 4.69) is 10.4 Å². The molecule has 154 valence electrons. The first-order chi connectivity index (χ1) is 14.4. The molecule has 1 saturated carbocycles. The molecule has 1 fully saturated rings. The van der Waals surface area contributed by atoms with Gasteiger partial charge in [0.25, 0.3) is 11.5 Å². The molecule has 0 spiro atoms. The molecule has 0 bridgehead atoms. The van der Waals surface area contributed by atoms with Crippen molar-refractivity contribution in [1.82, 2.24) is 19.7 Å². The molecule has 2 aromatic carbocycles. The Labute approximate surface area is 175 Å². The number of carbonyl (C=O) groups is 1. The van der Waals surface area contributed by atoms with Crippen LogP contribution in [0.4, 0.5) is 4.39 Å². The fourth-order valence-corrected chi connectivity index (χ4v) is 3.13. The molecule has 0 aliphatic heterocycles. The molecule has 1 aromatic heterocycles. The van der Waals surface area contributed by atoms with Crippen LogP contribution in [0.1, 0.15) is 28.9 Å². The highest BCUT2D eigenvalue weighted by atomic mass is 35.5. The van der Waals surface area contributed by atoms with Crippen molar-refractivity contribution in [3.8, 4) is 5.69 Å². The summed E-state index contributed by atoms with van der Waals surface area (Å²) in [5, 5.41) is 7.19. The highest BCUT2D eigenvalue weighted by Crippen LogP contribution is 2.27. The van der Waals surface area contributed by atoms with Crippen LogP contribution in [-0.2, 0) is 6.54 Å². The lowest BCUT2D eigenvalue weighted by Crippen LogP contribution is -2.46. The van der Waals surface area contributed by atoms with Gasteiger partial charge in [0, 0.05) is 11.6 Å². The minimum absolute atomic E-state index is 0.200. The van der Waals surface area contributed by atoms with Crippen LogP contribution < -0.4 is 16.6 Å². The highest BCUT2D eigenvalue weighted by molar-refractivity contribution is 6.30. The largest absolute Gasteiger partial charge is 0.352 e. The summed E-state index contributed by atoms with van der Waals surface area (Å²) in [6.07, 6.45) is 2.06. The number of nitrogens with one attached hydrogen (secondary N) is 1. The van der Waals surface area contributed by atoms with Gasteiger partial charge >= 0.3 is 5.69 Å². The van der Waals surface area contributed by atoms with Crippen LogP contribution in [0, 0.1) is 11.7 Å². The molecule has 1 aliphatic carbocycles. The van der Waals surface area contributed by atoms with Crippen molar-refractivity contribution >= 4 is 17.5 Å². The molecule has 1 heterocycles. The Kier molecular flexibility index (Phi) is 5.50. The zero-order valence-electron chi connectivity index (χ0n) is 15.8. The van der Waals surface area contributed by atoms with E-state index >= 15 is 0 Å². The molecular formula is C21H18ClFN4O3. The van der Waals surface area contributed by atoms with Crippen molar-refractivity contribution in [2.75, 3.05) is 6.54 Å².